The SMILES string of the molecule is O=C(O)c1ccc(-c2occc2Br)s1. The minimum atomic E-state index is -0.913. The van der Waals surface area contributed by atoms with Gasteiger partial charge in [-0.05, 0) is 34.1 Å². The van der Waals surface area contributed by atoms with Gasteiger partial charge < -0.3 is 9.52 Å². The number of halogens is 1. The third kappa shape index (κ3) is 1.60. The molecule has 5 heteroatoms. The van der Waals surface area contributed by atoms with Crippen molar-refractivity contribution in [2.45, 2.75) is 0 Å². The molecule has 0 radical (unpaired) electrons. The predicted octanol–water partition coefficient (Wildman–Crippen LogP) is 3.47. The van der Waals surface area contributed by atoms with Crippen LogP contribution in [0.5, 0.6) is 0 Å². The average Bonchev–Trinajstić information content (AvgIpc) is 2.71. The van der Waals surface area contributed by atoms with Crippen LogP contribution >= 0.6 is 27.3 Å². The fraction of sp³-hybridized carbons (Fsp3) is 0. The highest BCUT2D eigenvalue weighted by Crippen LogP contribution is 2.34. The molecule has 0 aliphatic carbocycles. The summed E-state index contributed by atoms with van der Waals surface area (Å²) in [7, 11) is 0. The largest absolute Gasteiger partial charge is 0.477 e. The van der Waals surface area contributed by atoms with E-state index < -0.39 is 5.97 Å². The Balaban J connectivity index is 2.43. The number of hydrogen-bond donors (Lipinski definition) is 1. The summed E-state index contributed by atoms with van der Waals surface area (Å²) < 4.78 is 6.04. The van der Waals surface area contributed by atoms with Crippen LogP contribution in [0.4, 0.5) is 0 Å². The van der Waals surface area contributed by atoms with Crippen LogP contribution in [0.3, 0.4) is 0 Å². The van der Waals surface area contributed by atoms with Gasteiger partial charge in [0.05, 0.1) is 15.6 Å². The third-order valence-corrected chi connectivity index (χ3v) is 3.35. The lowest BCUT2D eigenvalue weighted by Crippen LogP contribution is -1.89. The Kier molecular flexibility index (Phi) is 2.43. The van der Waals surface area contributed by atoms with Crippen LogP contribution in [0.2, 0.25) is 0 Å². The van der Waals surface area contributed by atoms with E-state index in [0.29, 0.717) is 10.6 Å². The smallest absolute Gasteiger partial charge is 0.345 e. The molecule has 0 saturated carbocycles. The van der Waals surface area contributed by atoms with Gasteiger partial charge in [0.1, 0.15) is 4.88 Å². The van der Waals surface area contributed by atoms with E-state index in [1.807, 2.05) is 0 Å². The van der Waals surface area contributed by atoms with Crippen LogP contribution in [-0.4, -0.2) is 11.1 Å². The molecular weight excluding hydrogens is 268 g/mol. The van der Waals surface area contributed by atoms with Crippen molar-refractivity contribution in [1.29, 1.82) is 0 Å². The van der Waals surface area contributed by atoms with Crippen molar-refractivity contribution in [3.05, 3.63) is 33.8 Å². The summed E-state index contributed by atoms with van der Waals surface area (Å²) in [5.74, 6) is -0.244. The number of aromatic carboxylic acids is 1. The van der Waals surface area contributed by atoms with E-state index in [1.54, 1.807) is 24.5 Å². The second kappa shape index (κ2) is 3.59. The summed E-state index contributed by atoms with van der Waals surface area (Å²) in [6.07, 6.45) is 1.56. The van der Waals surface area contributed by atoms with Crippen molar-refractivity contribution in [2.75, 3.05) is 0 Å². The van der Waals surface area contributed by atoms with E-state index >= 15 is 0 Å². The molecule has 0 aliphatic heterocycles. The Labute approximate surface area is 92.1 Å². The first-order chi connectivity index (χ1) is 6.68. The first-order valence-electron chi connectivity index (χ1n) is 3.75. The number of carboxylic acid groups (broad SMARTS) is 1. The van der Waals surface area contributed by atoms with Gasteiger partial charge in [-0.2, -0.15) is 0 Å². The summed E-state index contributed by atoms with van der Waals surface area (Å²) in [4.78, 5) is 11.8. The maximum Gasteiger partial charge on any atom is 0.345 e. The summed E-state index contributed by atoms with van der Waals surface area (Å²) in [5, 5.41) is 8.73. The topological polar surface area (TPSA) is 50.4 Å². The van der Waals surface area contributed by atoms with Gasteiger partial charge >= 0.3 is 5.97 Å². The van der Waals surface area contributed by atoms with Crippen LogP contribution in [-0.2, 0) is 0 Å². The van der Waals surface area contributed by atoms with E-state index in [1.165, 1.54) is 11.3 Å². The monoisotopic (exact) mass is 272 g/mol. The first-order valence-corrected chi connectivity index (χ1v) is 5.36. The highest BCUT2D eigenvalue weighted by molar-refractivity contribution is 9.10. The molecule has 1 N–H and O–H groups in total. The molecule has 0 aromatic carbocycles. The van der Waals surface area contributed by atoms with Crippen LogP contribution in [0.15, 0.2) is 33.4 Å². The van der Waals surface area contributed by atoms with Gasteiger partial charge in [0, 0.05) is 0 Å². The maximum absolute atomic E-state index is 10.6. The first kappa shape index (κ1) is 9.48. The second-order valence-electron chi connectivity index (χ2n) is 2.57. The number of carboxylic acids is 1. The average molecular weight is 273 g/mol. The second-order valence-corrected chi connectivity index (χ2v) is 4.50. The van der Waals surface area contributed by atoms with Crippen LogP contribution in [0, 0.1) is 0 Å². The zero-order valence-corrected chi connectivity index (χ0v) is 9.26. The number of hydrogen-bond acceptors (Lipinski definition) is 3. The molecule has 0 aliphatic rings. The summed E-state index contributed by atoms with van der Waals surface area (Å²) >= 11 is 4.50. The Morgan fingerprint density at radius 2 is 2.21 bits per heavy atom. The highest BCUT2D eigenvalue weighted by Gasteiger charge is 2.12. The normalized spacial score (nSPS) is 10.4. The third-order valence-electron chi connectivity index (χ3n) is 1.66. The van der Waals surface area contributed by atoms with E-state index in [4.69, 9.17) is 9.52 Å². The molecule has 72 valence electrons. The maximum atomic E-state index is 10.6. The Bertz CT molecular complexity index is 472. The molecule has 0 atom stereocenters. The number of furan rings is 1. The lowest BCUT2D eigenvalue weighted by atomic mass is 10.3. The minimum Gasteiger partial charge on any atom is -0.477 e. The Morgan fingerprint density at radius 3 is 2.71 bits per heavy atom. The van der Waals surface area contributed by atoms with Crippen LogP contribution < -0.4 is 0 Å². The van der Waals surface area contributed by atoms with Crippen molar-refractivity contribution in [2.24, 2.45) is 0 Å². The molecule has 14 heavy (non-hydrogen) atoms. The van der Waals surface area contributed by atoms with Crippen molar-refractivity contribution in [3.8, 4) is 10.6 Å². The number of thiophene rings is 1. The van der Waals surface area contributed by atoms with Gasteiger partial charge in [-0.25, -0.2) is 4.79 Å². The van der Waals surface area contributed by atoms with Gasteiger partial charge in [-0.1, -0.05) is 0 Å². The summed E-state index contributed by atoms with van der Waals surface area (Å²) in [6, 6.07) is 5.07. The Morgan fingerprint density at radius 1 is 1.43 bits per heavy atom. The lowest BCUT2D eigenvalue weighted by Gasteiger charge is -1.90. The molecule has 0 unspecified atom stereocenters. The van der Waals surface area contributed by atoms with E-state index in [-0.39, 0.29) is 0 Å². The molecule has 0 amide bonds. The van der Waals surface area contributed by atoms with Crippen molar-refractivity contribution in [3.63, 3.8) is 0 Å². The van der Waals surface area contributed by atoms with Gasteiger partial charge in [0.2, 0.25) is 0 Å². The molecule has 2 heterocycles. The van der Waals surface area contributed by atoms with E-state index in [9.17, 15) is 4.79 Å². The molecule has 0 bridgehead atoms. The molecule has 0 fully saturated rings. The van der Waals surface area contributed by atoms with Crippen molar-refractivity contribution < 1.29 is 14.3 Å². The zero-order chi connectivity index (χ0) is 10.1. The Hall–Kier alpha value is -1.07. The number of rotatable bonds is 2. The molecule has 0 saturated heterocycles. The van der Waals surface area contributed by atoms with Crippen LogP contribution in [0.25, 0.3) is 10.6 Å². The lowest BCUT2D eigenvalue weighted by molar-refractivity contribution is 0.0702. The van der Waals surface area contributed by atoms with Crippen molar-refractivity contribution >= 4 is 33.2 Å². The van der Waals surface area contributed by atoms with Gasteiger partial charge in [-0.3, -0.25) is 0 Å². The van der Waals surface area contributed by atoms with E-state index in [0.717, 1.165) is 9.35 Å². The minimum absolute atomic E-state index is 0.309. The van der Waals surface area contributed by atoms with Gasteiger partial charge in [0.25, 0.3) is 0 Å². The highest BCUT2D eigenvalue weighted by atomic mass is 79.9. The van der Waals surface area contributed by atoms with Crippen molar-refractivity contribution in [1.82, 2.24) is 0 Å². The fourth-order valence-electron chi connectivity index (χ4n) is 1.04. The molecule has 2 aromatic rings. The molecular formula is C9H5BrO3S. The predicted molar refractivity (Wildman–Crippen MR) is 56.7 cm³/mol. The standard InChI is InChI=1S/C9H5BrO3S/c10-5-3-4-13-8(5)6-1-2-7(14-6)9(11)12/h1-4H,(H,11,12). The number of carbonyl (C=O) groups is 1. The zero-order valence-electron chi connectivity index (χ0n) is 6.86. The molecule has 2 aromatic heterocycles. The van der Waals surface area contributed by atoms with Gasteiger partial charge in [-0.15, -0.1) is 11.3 Å². The van der Waals surface area contributed by atoms with Crippen LogP contribution in [0.1, 0.15) is 9.67 Å². The fourth-order valence-corrected chi connectivity index (χ4v) is 2.44. The summed E-state index contributed by atoms with van der Waals surface area (Å²) in [5.41, 5.74) is 0. The molecule has 2 rings (SSSR count). The van der Waals surface area contributed by atoms with E-state index in [2.05, 4.69) is 15.9 Å². The summed E-state index contributed by atoms with van der Waals surface area (Å²) in [6.45, 7) is 0. The molecule has 0 spiro atoms. The molecule has 3 nitrogen and oxygen atoms in total. The van der Waals surface area contributed by atoms with Gasteiger partial charge in [0.15, 0.2) is 5.76 Å². The quantitative estimate of drug-likeness (QED) is 0.911.